The van der Waals surface area contributed by atoms with Crippen molar-refractivity contribution in [3.63, 3.8) is 0 Å². The summed E-state index contributed by atoms with van der Waals surface area (Å²) in [6, 6.07) is 14.1. The maximum atomic E-state index is 12.0. The van der Waals surface area contributed by atoms with Crippen LogP contribution < -0.4 is 10.7 Å². The zero-order chi connectivity index (χ0) is 17.8. The molecule has 0 aliphatic rings. The van der Waals surface area contributed by atoms with E-state index in [2.05, 4.69) is 21.9 Å². The third-order valence-electron chi connectivity index (χ3n) is 4.23. The summed E-state index contributed by atoms with van der Waals surface area (Å²) >= 11 is 0. The molecular weight excluding hydrogens is 312 g/mol. The summed E-state index contributed by atoms with van der Waals surface area (Å²) in [6.45, 7) is 4.22. The molecule has 1 aromatic heterocycles. The van der Waals surface area contributed by atoms with E-state index in [4.69, 9.17) is 0 Å². The Morgan fingerprint density at radius 1 is 1.12 bits per heavy atom. The largest absolute Gasteiger partial charge is 0.376 e. The number of carbonyl (C=O) groups excluding carboxylic acids is 1. The summed E-state index contributed by atoms with van der Waals surface area (Å²) in [4.78, 5) is 12.0. The summed E-state index contributed by atoms with van der Waals surface area (Å²) in [5.74, 6) is -0.181. The van der Waals surface area contributed by atoms with Crippen molar-refractivity contribution in [2.75, 3.05) is 11.9 Å². The van der Waals surface area contributed by atoms with E-state index < -0.39 is 0 Å². The maximum absolute atomic E-state index is 12.0. The topological polar surface area (TPSA) is 58.4 Å². The van der Waals surface area contributed by atoms with Crippen molar-refractivity contribution in [1.29, 1.82) is 0 Å². The molecule has 0 bridgehead atoms. The molecule has 2 aromatic carbocycles. The molecule has 128 valence electrons. The van der Waals surface area contributed by atoms with Crippen LogP contribution in [0.5, 0.6) is 0 Å². The second-order valence-corrected chi connectivity index (χ2v) is 6.13. The van der Waals surface area contributed by atoms with Crippen molar-refractivity contribution in [2.45, 2.75) is 13.8 Å². The van der Waals surface area contributed by atoms with Crippen LogP contribution in [0.4, 0.5) is 5.69 Å². The minimum absolute atomic E-state index is 0.179. The third kappa shape index (κ3) is 3.71. The normalized spacial score (nSPS) is 11.2. The molecule has 0 radical (unpaired) electrons. The van der Waals surface area contributed by atoms with Gasteiger partial charge in [0.05, 0.1) is 12.8 Å². The number of fused-ring (bicyclic) bond motifs is 1. The first-order valence-corrected chi connectivity index (χ1v) is 8.22. The van der Waals surface area contributed by atoms with E-state index in [-0.39, 0.29) is 12.5 Å². The molecule has 0 aliphatic heterocycles. The minimum atomic E-state index is -0.181. The second-order valence-electron chi connectivity index (χ2n) is 6.13. The first-order valence-electron chi connectivity index (χ1n) is 8.22. The Hall–Kier alpha value is -3.08. The first kappa shape index (κ1) is 16.8. The molecule has 0 saturated carbocycles. The third-order valence-corrected chi connectivity index (χ3v) is 4.23. The number of nitrogens with one attached hydrogen (secondary N) is 2. The molecule has 1 heterocycles. The van der Waals surface area contributed by atoms with Gasteiger partial charge in [-0.1, -0.05) is 36.4 Å². The molecule has 5 heteroatoms. The van der Waals surface area contributed by atoms with Gasteiger partial charge in [-0.15, -0.1) is 0 Å². The van der Waals surface area contributed by atoms with E-state index in [0.29, 0.717) is 0 Å². The van der Waals surface area contributed by atoms with Gasteiger partial charge in [-0.3, -0.25) is 4.79 Å². The molecule has 5 nitrogen and oxygen atoms in total. The Bertz CT molecular complexity index is 920. The number of benzene rings is 2. The van der Waals surface area contributed by atoms with Crippen LogP contribution >= 0.6 is 0 Å². The van der Waals surface area contributed by atoms with Gasteiger partial charge in [0.2, 0.25) is 0 Å². The van der Waals surface area contributed by atoms with Crippen molar-refractivity contribution in [3.8, 4) is 0 Å². The van der Waals surface area contributed by atoms with Crippen molar-refractivity contribution in [3.05, 3.63) is 65.4 Å². The van der Waals surface area contributed by atoms with Crippen LogP contribution in [0.2, 0.25) is 0 Å². The molecule has 0 fully saturated rings. The van der Waals surface area contributed by atoms with Gasteiger partial charge in [-0.2, -0.15) is 5.10 Å². The monoisotopic (exact) mass is 334 g/mol. The fourth-order valence-corrected chi connectivity index (χ4v) is 2.95. The highest BCUT2D eigenvalue weighted by Crippen LogP contribution is 2.19. The van der Waals surface area contributed by atoms with E-state index >= 15 is 0 Å². The van der Waals surface area contributed by atoms with Gasteiger partial charge in [-0.25, -0.2) is 5.43 Å². The van der Waals surface area contributed by atoms with Crippen molar-refractivity contribution in [1.82, 2.24) is 9.99 Å². The Kier molecular flexibility index (Phi) is 4.84. The average molecular weight is 334 g/mol. The number of hydrogen-bond acceptors (Lipinski definition) is 3. The predicted molar refractivity (Wildman–Crippen MR) is 103 cm³/mol. The number of nitrogens with zero attached hydrogens (tertiary/aromatic N) is 2. The highest BCUT2D eigenvalue weighted by molar-refractivity contribution is 5.99. The summed E-state index contributed by atoms with van der Waals surface area (Å²) in [7, 11) is 1.99. The quantitative estimate of drug-likeness (QED) is 0.555. The van der Waals surface area contributed by atoms with E-state index in [1.54, 1.807) is 6.21 Å². The van der Waals surface area contributed by atoms with Gasteiger partial charge in [0, 0.05) is 35.4 Å². The van der Waals surface area contributed by atoms with E-state index in [9.17, 15) is 4.79 Å². The second kappa shape index (κ2) is 7.21. The lowest BCUT2D eigenvalue weighted by Crippen LogP contribution is -2.26. The minimum Gasteiger partial charge on any atom is -0.376 e. The number of aromatic nitrogens is 1. The van der Waals surface area contributed by atoms with Gasteiger partial charge >= 0.3 is 0 Å². The molecule has 3 aromatic rings. The number of anilines is 1. The number of hydrogen-bond donors (Lipinski definition) is 2. The zero-order valence-corrected chi connectivity index (χ0v) is 14.7. The van der Waals surface area contributed by atoms with Crippen molar-refractivity contribution < 1.29 is 4.79 Å². The molecule has 0 aliphatic carbocycles. The van der Waals surface area contributed by atoms with Crippen LogP contribution in [0.15, 0.2) is 53.8 Å². The molecule has 0 atom stereocenters. The smallest absolute Gasteiger partial charge is 0.259 e. The highest BCUT2D eigenvalue weighted by Gasteiger charge is 2.05. The highest BCUT2D eigenvalue weighted by atomic mass is 16.2. The van der Waals surface area contributed by atoms with Crippen LogP contribution in [0.25, 0.3) is 10.9 Å². The van der Waals surface area contributed by atoms with Crippen LogP contribution in [-0.4, -0.2) is 23.2 Å². The summed E-state index contributed by atoms with van der Waals surface area (Å²) < 4.78 is 2.04. The van der Waals surface area contributed by atoms with Gasteiger partial charge in [0.1, 0.15) is 0 Å². The van der Waals surface area contributed by atoms with Gasteiger partial charge < -0.3 is 9.88 Å². The van der Waals surface area contributed by atoms with Crippen LogP contribution in [0, 0.1) is 13.8 Å². The Morgan fingerprint density at radius 3 is 2.60 bits per heavy atom. The van der Waals surface area contributed by atoms with Gasteiger partial charge in [-0.05, 0) is 31.0 Å². The van der Waals surface area contributed by atoms with Crippen LogP contribution in [0.1, 0.15) is 16.7 Å². The molecule has 3 rings (SSSR count). The van der Waals surface area contributed by atoms with Crippen LogP contribution in [0.3, 0.4) is 0 Å². The molecular formula is C20H22N4O. The Labute approximate surface area is 147 Å². The molecule has 1 amide bonds. The standard InChI is InChI=1S/C20H22N4O/c1-14-7-6-8-15(2)20(14)21-12-19(25)23-22-11-16-13-24(3)18-10-5-4-9-17(16)18/h4-11,13,21H,12H2,1-3H3,(H,23,25). The lowest BCUT2D eigenvalue weighted by Gasteiger charge is -2.11. The first-order chi connectivity index (χ1) is 12.1. The number of hydrazone groups is 1. The Morgan fingerprint density at radius 2 is 1.84 bits per heavy atom. The fraction of sp³-hybridized carbons (Fsp3) is 0.200. The van der Waals surface area contributed by atoms with E-state index in [0.717, 1.165) is 33.3 Å². The molecule has 25 heavy (non-hydrogen) atoms. The van der Waals surface area contributed by atoms with Gasteiger partial charge in [0.15, 0.2) is 0 Å². The number of para-hydroxylation sites is 2. The maximum Gasteiger partial charge on any atom is 0.259 e. The number of amides is 1. The van der Waals surface area contributed by atoms with Crippen molar-refractivity contribution in [2.24, 2.45) is 12.1 Å². The fourth-order valence-electron chi connectivity index (χ4n) is 2.95. The predicted octanol–water partition coefficient (Wildman–Crippen LogP) is 3.36. The van der Waals surface area contributed by atoms with Crippen LogP contribution in [-0.2, 0) is 11.8 Å². The molecule has 0 spiro atoms. The molecule has 2 N–H and O–H groups in total. The average Bonchev–Trinajstić information content (AvgIpc) is 2.91. The zero-order valence-electron chi connectivity index (χ0n) is 14.7. The van der Waals surface area contributed by atoms with E-state index in [1.165, 1.54) is 0 Å². The Balaban J connectivity index is 1.61. The molecule has 0 unspecified atom stereocenters. The van der Waals surface area contributed by atoms with Crippen molar-refractivity contribution >= 4 is 28.7 Å². The summed E-state index contributed by atoms with van der Waals surface area (Å²) in [6.07, 6.45) is 3.68. The summed E-state index contributed by atoms with van der Waals surface area (Å²) in [5, 5.41) is 8.37. The number of rotatable bonds is 5. The lowest BCUT2D eigenvalue weighted by atomic mass is 10.1. The summed E-state index contributed by atoms with van der Waals surface area (Å²) in [5.41, 5.74) is 7.91. The van der Waals surface area contributed by atoms with Gasteiger partial charge in [0.25, 0.3) is 5.91 Å². The lowest BCUT2D eigenvalue weighted by molar-refractivity contribution is -0.119. The molecule has 0 saturated heterocycles. The SMILES string of the molecule is Cc1cccc(C)c1NCC(=O)NN=Cc1cn(C)c2ccccc12. The number of carbonyl (C=O) groups is 1. The van der Waals surface area contributed by atoms with E-state index in [1.807, 2.05) is 68.1 Å². The number of aryl methyl sites for hydroxylation is 3.